The molecule has 0 aliphatic carbocycles. The third-order valence-corrected chi connectivity index (χ3v) is 6.26. The van der Waals surface area contributed by atoms with Crippen molar-refractivity contribution in [3.63, 3.8) is 0 Å². The topological polar surface area (TPSA) is 120 Å². The quantitative estimate of drug-likeness (QED) is 0.394. The number of aromatic nitrogens is 7. The Kier molecular flexibility index (Phi) is 5.49. The van der Waals surface area contributed by atoms with Crippen LogP contribution in [0.4, 0.5) is 17.6 Å². The zero-order valence-corrected chi connectivity index (χ0v) is 19.7. The molecule has 1 amide bonds. The molecule has 6 rings (SSSR count). The number of carbonyl (C=O) groups excluding carboxylic acids is 1. The molecule has 0 spiro atoms. The van der Waals surface area contributed by atoms with Crippen molar-refractivity contribution in [3.05, 3.63) is 67.3 Å². The zero-order valence-electron chi connectivity index (χ0n) is 19.7. The van der Waals surface area contributed by atoms with E-state index in [1.54, 1.807) is 25.5 Å². The monoisotopic (exact) mass is 480 g/mol. The molecule has 1 fully saturated rings. The second kappa shape index (κ2) is 9.10. The minimum absolute atomic E-state index is 0.110. The first-order chi connectivity index (χ1) is 17.6. The highest BCUT2D eigenvalue weighted by Crippen LogP contribution is 2.24. The Labute approximate surface area is 206 Å². The van der Waals surface area contributed by atoms with Crippen LogP contribution in [0, 0.1) is 0 Å². The summed E-state index contributed by atoms with van der Waals surface area (Å²) in [6.07, 6.45) is 7.26. The zero-order chi connectivity index (χ0) is 24.5. The molecule has 0 aromatic carbocycles. The fourth-order valence-electron chi connectivity index (χ4n) is 4.34. The number of H-pyrrole nitrogens is 1. The van der Waals surface area contributed by atoms with Crippen LogP contribution in [-0.2, 0) is 4.79 Å². The molecule has 0 radical (unpaired) electrons. The average Bonchev–Trinajstić information content (AvgIpc) is 3.59. The van der Waals surface area contributed by atoms with E-state index in [-0.39, 0.29) is 5.91 Å². The van der Waals surface area contributed by atoms with Crippen molar-refractivity contribution < 1.29 is 4.79 Å². The van der Waals surface area contributed by atoms with Crippen molar-refractivity contribution in [1.29, 1.82) is 0 Å². The molecule has 0 atom stereocenters. The molecule has 5 aromatic rings. The van der Waals surface area contributed by atoms with E-state index in [2.05, 4.69) is 30.4 Å². The lowest BCUT2D eigenvalue weighted by Crippen LogP contribution is -2.48. The van der Waals surface area contributed by atoms with Gasteiger partial charge in [0.2, 0.25) is 11.9 Å². The van der Waals surface area contributed by atoms with Crippen molar-refractivity contribution in [1.82, 2.24) is 39.4 Å². The van der Waals surface area contributed by atoms with Crippen LogP contribution in [-0.4, -0.2) is 71.5 Å². The van der Waals surface area contributed by atoms with Crippen LogP contribution in [0.25, 0.3) is 28.3 Å². The van der Waals surface area contributed by atoms with E-state index in [0.717, 1.165) is 47.2 Å². The van der Waals surface area contributed by atoms with E-state index >= 15 is 0 Å². The molecule has 1 saturated heterocycles. The summed E-state index contributed by atoms with van der Waals surface area (Å²) < 4.78 is 2.00. The predicted molar refractivity (Wildman–Crippen MR) is 136 cm³/mol. The average molecular weight is 481 g/mol. The van der Waals surface area contributed by atoms with Crippen LogP contribution in [0.15, 0.2) is 67.3 Å². The highest BCUT2D eigenvalue weighted by molar-refractivity contribution is 5.73. The number of piperazine rings is 1. The maximum atomic E-state index is 11.6. The van der Waals surface area contributed by atoms with E-state index in [1.165, 1.54) is 0 Å². The van der Waals surface area contributed by atoms with Gasteiger partial charge < -0.3 is 15.1 Å². The first-order valence-corrected chi connectivity index (χ1v) is 11.7. The molecular formula is C25H24N10O. The third kappa shape index (κ3) is 4.22. The number of amides is 1. The lowest BCUT2D eigenvalue weighted by atomic mass is 10.2. The summed E-state index contributed by atoms with van der Waals surface area (Å²) in [6.45, 7) is 4.49. The number of anilines is 3. The molecule has 11 nitrogen and oxygen atoms in total. The van der Waals surface area contributed by atoms with Crippen LogP contribution in [0.1, 0.15) is 6.92 Å². The van der Waals surface area contributed by atoms with Gasteiger partial charge >= 0.3 is 0 Å². The Balaban J connectivity index is 1.24. The van der Waals surface area contributed by atoms with E-state index in [0.29, 0.717) is 24.9 Å². The molecule has 180 valence electrons. The van der Waals surface area contributed by atoms with Gasteiger partial charge in [-0.15, -0.1) is 0 Å². The first kappa shape index (κ1) is 21.7. The van der Waals surface area contributed by atoms with Crippen LogP contribution in [0.3, 0.4) is 0 Å². The van der Waals surface area contributed by atoms with E-state index in [1.807, 2.05) is 58.0 Å². The van der Waals surface area contributed by atoms with Gasteiger partial charge in [-0.05, 0) is 36.4 Å². The summed E-state index contributed by atoms with van der Waals surface area (Å²) in [5.74, 6) is 2.06. The molecule has 0 bridgehead atoms. The minimum atomic E-state index is 0.110. The van der Waals surface area contributed by atoms with E-state index in [9.17, 15) is 4.79 Å². The van der Waals surface area contributed by atoms with Crippen molar-refractivity contribution >= 4 is 29.1 Å². The van der Waals surface area contributed by atoms with Crippen LogP contribution >= 0.6 is 0 Å². The summed E-state index contributed by atoms with van der Waals surface area (Å²) in [7, 11) is 0. The maximum Gasteiger partial charge on any atom is 0.228 e. The van der Waals surface area contributed by atoms with E-state index in [4.69, 9.17) is 9.97 Å². The summed E-state index contributed by atoms with van der Waals surface area (Å²) in [4.78, 5) is 34.0. The number of nitrogens with one attached hydrogen (secondary N) is 2. The van der Waals surface area contributed by atoms with Gasteiger partial charge in [0.25, 0.3) is 0 Å². The standard InChI is InChI=1S/C25H24N10O/c1-17(36)33-11-13-34(14-12-33)24-4-2-3-22(30-24)31-25-26-9-7-20(29-25)21-15-27-23-6-5-18(16-35(21)23)19-8-10-28-32-19/h2-10,15-16H,11-14H2,1H3,(H,28,32)(H,26,29,30,31). The summed E-state index contributed by atoms with van der Waals surface area (Å²) in [5.41, 5.74) is 4.33. The number of pyridine rings is 2. The fourth-order valence-corrected chi connectivity index (χ4v) is 4.34. The number of carbonyl (C=O) groups is 1. The number of rotatable bonds is 5. The Morgan fingerprint density at radius 2 is 1.86 bits per heavy atom. The summed E-state index contributed by atoms with van der Waals surface area (Å²) >= 11 is 0. The highest BCUT2D eigenvalue weighted by atomic mass is 16.2. The lowest BCUT2D eigenvalue weighted by molar-refractivity contribution is -0.129. The Bertz CT molecular complexity index is 1520. The molecule has 0 unspecified atom stereocenters. The fraction of sp³-hybridized carbons (Fsp3) is 0.200. The van der Waals surface area contributed by atoms with Gasteiger partial charge in [0, 0.05) is 57.3 Å². The summed E-state index contributed by atoms with van der Waals surface area (Å²) in [5, 5.41) is 10.3. The SMILES string of the molecule is CC(=O)N1CCN(c2cccc(Nc3nccc(-c4cnc5ccc(-c6ccn[nH]6)cn45)n3)n2)CC1. The highest BCUT2D eigenvalue weighted by Gasteiger charge is 2.20. The van der Waals surface area contributed by atoms with Crippen LogP contribution in [0.2, 0.25) is 0 Å². The van der Waals surface area contributed by atoms with Gasteiger partial charge in [0.05, 0.1) is 23.3 Å². The van der Waals surface area contributed by atoms with Crippen molar-refractivity contribution in [2.75, 3.05) is 36.4 Å². The van der Waals surface area contributed by atoms with Gasteiger partial charge in [0.15, 0.2) is 0 Å². The third-order valence-electron chi connectivity index (χ3n) is 6.26. The molecule has 36 heavy (non-hydrogen) atoms. The summed E-state index contributed by atoms with van der Waals surface area (Å²) in [6, 6.07) is 13.6. The van der Waals surface area contributed by atoms with Gasteiger partial charge in [-0.3, -0.25) is 14.3 Å². The van der Waals surface area contributed by atoms with Crippen molar-refractivity contribution in [2.24, 2.45) is 0 Å². The van der Waals surface area contributed by atoms with Gasteiger partial charge in [-0.1, -0.05) is 6.07 Å². The molecule has 0 saturated carbocycles. The Hall–Kier alpha value is -4.80. The minimum Gasteiger partial charge on any atom is -0.353 e. The van der Waals surface area contributed by atoms with Gasteiger partial charge in [-0.2, -0.15) is 5.10 Å². The number of hydrogen-bond acceptors (Lipinski definition) is 8. The van der Waals surface area contributed by atoms with Gasteiger partial charge in [-0.25, -0.2) is 19.9 Å². The second-order valence-electron chi connectivity index (χ2n) is 8.52. The second-order valence-corrected chi connectivity index (χ2v) is 8.52. The Morgan fingerprint density at radius 3 is 2.67 bits per heavy atom. The predicted octanol–water partition coefficient (Wildman–Crippen LogP) is 2.99. The molecule has 1 aliphatic rings. The first-order valence-electron chi connectivity index (χ1n) is 11.7. The molecule has 11 heteroatoms. The van der Waals surface area contributed by atoms with Gasteiger partial charge in [0.1, 0.15) is 17.3 Å². The number of imidazole rings is 1. The lowest BCUT2D eigenvalue weighted by Gasteiger charge is -2.35. The Morgan fingerprint density at radius 1 is 0.972 bits per heavy atom. The largest absolute Gasteiger partial charge is 0.353 e. The molecule has 6 heterocycles. The molecule has 1 aliphatic heterocycles. The maximum absolute atomic E-state index is 11.6. The molecular weight excluding hydrogens is 456 g/mol. The van der Waals surface area contributed by atoms with Crippen molar-refractivity contribution in [2.45, 2.75) is 6.92 Å². The number of nitrogens with zero attached hydrogens (tertiary/aromatic N) is 8. The number of fused-ring (bicyclic) bond motifs is 1. The molecule has 5 aromatic heterocycles. The number of aromatic amines is 1. The molecule has 2 N–H and O–H groups in total. The van der Waals surface area contributed by atoms with E-state index < -0.39 is 0 Å². The van der Waals surface area contributed by atoms with Crippen LogP contribution < -0.4 is 10.2 Å². The van der Waals surface area contributed by atoms with Crippen LogP contribution in [0.5, 0.6) is 0 Å². The smallest absolute Gasteiger partial charge is 0.228 e. The number of hydrogen-bond donors (Lipinski definition) is 2. The van der Waals surface area contributed by atoms with Crippen molar-refractivity contribution in [3.8, 4) is 22.6 Å². The normalized spacial score (nSPS) is 13.8.